The first kappa shape index (κ1) is 10.0. The standard InChI is InChI=1S/C12H15NO2/c1-3-4-5-11-13-12-8(2)6-9(14)7-10(12)15-11/h6-7,14H,3-5H2,1-2H3. The van der Waals surface area contributed by atoms with E-state index in [1.807, 2.05) is 6.92 Å². The van der Waals surface area contributed by atoms with Crippen molar-refractivity contribution in [2.75, 3.05) is 0 Å². The number of aromatic nitrogens is 1. The molecule has 1 aromatic carbocycles. The van der Waals surface area contributed by atoms with E-state index in [0.29, 0.717) is 5.58 Å². The second-order valence-electron chi connectivity index (χ2n) is 3.82. The van der Waals surface area contributed by atoms with Crippen LogP contribution in [0, 0.1) is 6.92 Å². The van der Waals surface area contributed by atoms with Crippen molar-refractivity contribution in [1.82, 2.24) is 4.98 Å². The highest BCUT2D eigenvalue weighted by Gasteiger charge is 2.08. The first-order chi connectivity index (χ1) is 7.20. The number of oxazole rings is 1. The third-order valence-electron chi connectivity index (χ3n) is 2.46. The highest BCUT2D eigenvalue weighted by atomic mass is 16.3. The van der Waals surface area contributed by atoms with Crippen molar-refractivity contribution in [3.8, 4) is 5.75 Å². The molecule has 0 fully saturated rings. The molecule has 15 heavy (non-hydrogen) atoms. The van der Waals surface area contributed by atoms with E-state index in [4.69, 9.17) is 4.42 Å². The smallest absolute Gasteiger partial charge is 0.195 e. The molecule has 2 aromatic rings. The number of benzene rings is 1. The normalized spacial score (nSPS) is 11.1. The maximum absolute atomic E-state index is 9.41. The Labute approximate surface area is 88.7 Å². The minimum Gasteiger partial charge on any atom is -0.508 e. The van der Waals surface area contributed by atoms with Crippen LogP contribution in [-0.2, 0) is 6.42 Å². The van der Waals surface area contributed by atoms with Gasteiger partial charge in [0.25, 0.3) is 0 Å². The van der Waals surface area contributed by atoms with E-state index in [0.717, 1.165) is 36.2 Å². The van der Waals surface area contributed by atoms with E-state index in [-0.39, 0.29) is 5.75 Å². The number of rotatable bonds is 3. The summed E-state index contributed by atoms with van der Waals surface area (Å²) >= 11 is 0. The molecule has 0 saturated carbocycles. The summed E-state index contributed by atoms with van der Waals surface area (Å²) in [6.07, 6.45) is 3.08. The summed E-state index contributed by atoms with van der Waals surface area (Å²) < 4.78 is 5.56. The van der Waals surface area contributed by atoms with Crippen LogP contribution in [-0.4, -0.2) is 10.1 Å². The number of phenols is 1. The molecule has 0 unspecified atom stereocenters. The third-order valence-corrected chi connectivity index (χ3v) is 2.46. The molecule has 0 saturated heterocycles. The summed E-state index contributed by atoms with van der Waals surface area (Å²) in [5.74, 6) is 0.999. The topological polar surface area (TPSA) is 46.3 Å². The number of fused-ring (bicyclic) bond motifs is 1. The van der Waals surface area contributed by atoms with Gasteiger partial charge in [-0.15, -0.1) is 0 Å². The first-order valence-electron chi connectivity index (χ1n) is 5.29. The van der Waals surface area contributed by atoms with Crippen molar-refractivity contribution in [1.29, 1.82) is 0 Å². The van der Waals surface area contributed by atoms with Crippen molar-refractivity contribution < 1.29 is 9.52 Å². The summed E-state index contributed by atoms with van der Waals surface area (Å²) in [7, 11) is 0. The average molecular weight is 205 g/mol. The molecule has 0 aliphatic heterocycles. The summed E-state index contributed by atoms with van der Waals surface area (Å²) in [6, 6.07) is 3.32. The van der Waals surface area contributed by atoms with Crippen LogP contribution >= 0.6 is 0 Å². The minimum absolute atomic E-state index is 0.234. The van der Waals surface area contributed by atoms with Crippen LogP contribution in [0.4, 0.5) is 0 Å². The van der Waals surface area contributed by atoms with Crippen molar-refractivity contribution in [3.05, 3.63) is 23.6 Å². The zero-order valence-corrected chi connectivity index (χ0v) is 9.08. The van der Waals surface area contributed by atoms with Crippen LogP contribution in [0.3, 0.4) is 0 Å². The highest BCUT2D eigenvalue weighted by molar-refractivity contribution is 5.78. The van der Waals surface area contributed by atoms with Crippen LogP contribution in [0.15, 0.2) is 16.5 Å². The van der Waals surface area contributed by atoms with Crippen molar-refractivity contribution in [2.45, 2.75) is 33.1 Å². The predicted molar refractivity (Wildman–Crippen MR) is 59.0 cm³/mol. The number of hydrogen-bond acceptors (Lipinski definition) is 3. The summed E-state index contributed by atoms with van der Waals surface area (Å²) in [6.45, 7) is 4.06. The number of hydrogen-bond donors (Lipinski definition) is 1. The molecule has 0 aliphatic carbocycles. The molecular weight excluding hydrogens is 190 g/mol. The maximum atomic E-state index is 9.41. The van der Waals surface area contributed by atoms with E-state index in [1.54, 1.807) is 12.1 Å². The van der Waals surface area contributed by atoms with Gasteiger partial charge in [-0.2, -0.15) is 0 Å². The molecule has 80 valence electrons. The van der Waals surface area contributed by atoms with E-state index in [9.17, 15) is 5.11 Å². The first-order valence-corrected chi connectivity index (χ1v) is 5.29. The molecule has 1 heterocycles. The molecule has 3 heteroatoms. The Morgan fingerprint density at radius 3 is 2.93 bits per heavy atom. The molecule has 0 bridgehead atoms. The molecule has 1 N–H and O–H groups in total. The molecular formula is C12H15NO2. The Kier molecular flexibility index (Phi) is 2.62. The number of aryl methyl sites for hydroxylation is 2. The Bertz CT molecular complexity index is 474. The summed E-state index contributed by atoms with van der Waals surface area (Å²) in [4.78, 5) is 4.41. The zero-order valence-electron chi connectivity index (χ0n) is 9.08. The number of aromatic hydroxyl groups is 1. The van der Waals surface area contributed by atoms with Gasteiger partial charge in [-0.05, 0) is 25.0 Å². The molecule has 2 rings (SSSR count). The van der Waals surface area contributed by atoms with Gasteiger partial charge in [0.1, 0.15) is 11.3 Å². The van der Waals surface area contributed by atoms with Gasteiger partial charge in [-0.25, -0.2) is 4.98 Å². The molecule has 0 aliphatic rings. The van der Waals surface area contributed by atoms with Crippen LogP contribution in [0.2, 0.25) is 0 Å². The van der Waals surface area contributed by atoms with Gasteiger partial charge < -0.3 is 9.52 Å². The third kappa shape index (κ3) is 1.96. The minimum atomic E-state index is 0.234. The Hall–Kier alpha value is -1.51. The average Bonchev–Trinajstić information content (AvgIpc) is 2.57. The second-order valence-corrected chi connectivity index (χ2v) is 3.82. The maximum Gasteiger partial charge on any atom is 0.195 e. The lowest BCUT2D eigenvalue weighted by Gasteiger charge is -1.93. The Morgan fingerprint density at radius 2 is 2.20 bits per heavy atom. The quantitative estimate of drug-likeness (QED) is 0.837. The summed E-state index contributed by atoms with van der Waals surface area (Å²) in [5.41, 5.74) is 2.49. The lowest BCUT2D eigenvalue weighted by Crippen LogP contribution is -1.83. The fourth-order valence-corrected chi connectivity index (χ4v) is 1.66. The van der Waals surface area contributed by atoms with E-state index < -0.39 is 0 Å². The Balaban J connectivity index is 2.41. The second kappa shape index (κ2) is 3.93. The van der Waals surface area contributed by atoms with Gasteiger partial charge in [0, 0.05) is 12.5 Å². The number of nitrogens with zero attached hydrogens (tertiary/aromatic N) is 1. The van der Waals surface area contributed by atoms with E-state index in [1.165, 1.54) is 0 Å². The molecule has 0 atom stereocenters. The number of unbranched alkanes of at least 4 members (excludes halogenated alkanes) is 1. The molecule has 0 spiro atoms. The SMILES string of the molecule is CCCCc1nc2c(C)cc(O)cc2o1. The van der Waals surface area contributed by atoms with Crippen LogP contribution < -0.4 is 0 Å². The van der Waals surface area contributed by atoms with Gasteiger partial charge in [0.2, 0.25) is 0 Å². The highest BCUT2D eigenvalue weighted by Crippen LogP contribution is 2.25. The fourth-order valence-electron chi connectivity index (χ4n) is 1.66. The molecule has 1 aromatic heterocycles. The van der Waals surface area contributed by atoms with Gasteiger partial charge in [-0.3, -0.25) is 0 Å². The van der Waals surface area contributed by atoms with Crippen LogP contribution in [0.5, 0.6) is 5.75 Å². The summed E-state index contributed by atoms with van der Waals surface area (Å²) in [5, 5.41) is 9.41. The fraction of sp³-hybridized carbons (Fsp3) is 0.417. The lowest BCUT2D eigenvalue weighted by atomic mass is 10.2. The monoisotopic (exact) mass is 205 g/mol. The largest absolute Gasteiger partial charge is 0.508 e. The molecule has 3 nitrogen and oxygen atoms in total. The molecule has 0 radical (unpaired) electrons. The van der Waals surface area contributed by atoms with Crippen molar-refractivity contribution >= 4 is 11.1 Å². The predicted octanol–water partition coefficient (Wildman–Crippen LogP) is 3.18. The van der Waals surface area contributed by atoms with Gasteiger partial charge in [0.05, 0.1) is 0 Å². The number of phenolic OH excluding ortho intramolecular Hbond substituents is 1. The van der Waals surface area contributed by atoms with Gasteiger partial charge in [0.15, 0.2) is 11.5 Å². The van der Waals surface area contributed by atoms with Gasteiger partial charge in [-0.1, -0.05) is 13.3 Å². The van der Waals surface area contributed by atoms with Crippen LogP contribution in [0.1, 0.15) is 31.2 Å². The van der Waals surface area contributed by atoms with Crippen LogP contribution in [0.25, 0.3) is 11.1 Å². The van der Waals surface area contributed by atoms with Crippen molar-refractivity contribution in [3.63, 3.8) is 0 Å². The zero-order chi connectivity index (χ0) is 10.8. The Morgan fingerprint density at radius 1 is 1.40 bits per heavy atom. The molecule has 0 amide bonds. The van der Waals surface area contributed by atoms with E-state index in [2.05, 4.69) is 11.9 Å². The van der Waals surface area contributed by atoms with Crippen molar-refractivity contribution in [2.24, 2.45) is 0 Å². The van der Waals surface area contributed by atoms with Gasteiger partial charge >= 0.3 is 0 Å². The van der Waals surface area contributed by atoms with E-state index >= 15 is 0 Å². The lowest BCUT2D eigenvalue weighted by molar-refractivity contribution is 0.472.